The molecule has 15 heavy (non-hydrogen) atoms. The van der Waals surface area contributed by atoms with E-state index in [1.165, 1.54) is 6.08 Å². The molecular weight excluding hydrogens is 228 g/mol. The van der Waals surface area contributed by atoms with Gasteiger partial charge in [0.15, 0.2) is 14.1 Å². The molecule has 0 fully saturated rings. The lowest BCUT2D eigenvalue weighted by molar-refractivity contribution is -0.114. The zero-order chi connectivity index (χ0) is 11.9. The van der Waals surface area contributed by atoms with Crippen LogP contribution in [-0.2, 0) is 9.22 Å². The number of carbonyl (C=O) groups is 1. The zero-order valence-electron chi connectivity index (χ0n) is 10.1. The van der Waals surface area contributed by atoms with Crippen LogP contribution < -0.4 is 0 Å². The van der Waals surface area contributed by atoms with E-state index in [2.05, 4.69) is 33.9 Å². The van der Waals surface area contributed by atoms with E-state index < -0.39 is 8.32 Å². The van der Waals surface area contributed by atoms with Crippen LogP contribution in [0.4, 0.5) is 0 Å². The molecule has 4 heteroatoms. The van der Waals surface area contributed by atoms with Gasteiger partial charge in [-0.3, -0.25) is 4.79 Å². The Kier molecular flexibility index (Phi) is 3.48. The molecule has 0 heterocycles. The lowest BCUT2D eigenvalue weighted by atomic mass is 10.2. The molecule has 0 aromatic heterocycles. The highest BCUT2D eigenvalue weighted by atomic mass is 35.5. The fourth-order valence-corrected chi connectivity index (χ4v) is 2.81. The number of rotatable bonds is 2. The first-order valence-electron chi connectivity index (χ1n) is 5.21. The first kappa shape index (κ1) is 12.9. The Labute approximate surface area is 97.8 Å². The summed E-state index contributed by atoms with van der Waals surface area (Å²) in [7, 11) is -1.82. The lowest BCUT2D eigenvalue weighted by Gasteiger charge is -2.38. The Morgan fingerprint density at radius 2 is 2.00 bits per heavy atom. The molecule has 0 saturated carbocycles. The summed E-state index contributed by atoms with van der Waals surface area (Å²) in [5.41, 5.74) is 0. The summed E-state index contributed by atoms with van der Waals surface area (Å²) in [5, 5.41) is 0.709. The molecule has 86 valence electrons. The van der Waals surface area contributed by atoms with Crippen molar-refractivity contribution < 1.29 is 9.22 Å². The molecule has 0 bridgehead atoms. The normalized spacial score (nSPS) is 23.2. The molecule has 1 aliphatic rings. The van der Waals surface area contributed by atoms with Crippen molar-refractivity contribution in [3.05, 3.63) is 11.1 Å². The molecule has 1 aliphatic carbocycles. The highest BCUT2D eigenvalue weighted by Gasteiger charge is 2.41. The average molecular weight is 247 g/mol. The topological polar surface area (TPSA) is 26.3 Å². The monoisotopic (exact) mass is 246 g/mol. The van der Waals surface area contributed by atoms with Gasteiger partial charge in [0.2, 0.25) is 0 Å². The van der Waals surface area contributed by atoms with Crippen LogP contribution in [0.1, 0.15) is 27.2 Å². The number of hydrogen-bond acceptors (Lipinski definition) is 2. The number of halogens is 1. The summed E-state index contributed by atoms with van der Waals surface area (Å²) in [6.07, 6.45) is 1.70. The van der Waals surface area contributed by atoms with E-state index in [4.69, 9.17) is 16.0 Å². The summed E-state index contributed by atoms with van der Waals surface area (Å²) in [5.74, 6) is 0.0729. The van der Waals surface area contributed by atoms with Gasteiger partial charge >= 0.3 is 0 Å². The second kappa shape index (κ2) is 4.04. The van der Waals surface area contributed by atoms with Crippen LogP contribution in [-0.4, -0.2) is 20.2 Å². The van der Waals surface area contributed by atoms with Crippen LogP contribution in [0.15, 0.2) is 11.1 Å². The van der Waals surface area contributed by atoms with Gasteiger partial charge in [-0.2, -0.15) is 0 Å². The summed E-state index contributed by atoms with van der Waals surface area (Å²) in [6, 6.07) is 0. The third-order valence-electron chi connectivity index (χ3n) is 3.24. The van der Waals surface area contributed by atoms with E-state index in [0.717, 1.165) is 0 Å². The molecular formula is C11H19ClO2Si. The minimum absolute atomic E-state index is 0.0729. The van der Waals surface area contributed by atoms with Crippen LogP contribution in [0.2, 0.25) is 18.1 Å². The van der Waals surface area contributed by atoms with Crippen molar-refractivity contribution in [1.29, 1.82) is 0 Å². The van der Waals surface area contributed by atoms with E-state index in [1.54, 1.807) is 0 Å². The van der Waals surface area contributed by atoms with Crippen LogP contribution >= 0.6 is 11.6 Å². The fourth-order valence-electron chi connectivity index (χ4n) is 1.22. The Morgan fingerprint density at radius 1 is 1.47 bits per heavy atom. The minimum Gasteiger partial charge on any atom is -0.409 e. The van der Waals surface area contributed by atoms with Gasteiger partial charge in [0.05, 0.1) is 6.10 Å². The molecule has 0 aromatic rings. The van der Waals surface area contributed by atoms with E-state index in [9.17, 15) is 4.79 Å². The summed E-state index contributed by atoms with van der Waals surface area (Å²) in [4.78, 5) is 11.2. The van der Waals surface area contributed by atoms with Crippen molar-refractivity contribution in [2.75, 3.05) is 0 Å². The van der Waals surface area contributed by atoms with E-state index in [-0.39, 0.29) is 16.9 Å². The van der Waals surface area contributed by atoms with Gasteiger partial charge in [-0.05, 0) is 24.2 Å². The van der Waals surface area contributed by atoms with Gasteiger partial charge in [-0.1, -0.05) is 32.4 Å². The van der Waals surface area contributed by atoms with Crippen LogP contribution in [0.25, 0.3) is 0 Å². The smallest absolute Gasteiger partial charge is 0.192 e. The fraction of sp³-hybridized carbons (Fsp3) is 0.727. The minimum atomic E-state index is -1.82. The van der Waals surface area contributed by atoms with Gasteiger partial charge in [-0.15, -0.1) is 0 Å². The Hall–Kier alpha value is -0.123. The molecule has 0 spiro atoms. The molecule has 0 radical (unpaired) electrons. The largest absolute Gasteiger partial charge is 0.409 e. The van der Waals surface area contributed by atoms with Crippen molar-refractivity contribution in [1.82, 2.24) is 0 Å². The first-order chi connectivity index (χ1) is 6.63. The SMILES string of the molecule is CC(C)(C)[Si](C)(C)OC1CC(=O)C=C1Cl. The van der Waals surface area contributed by atoms with Crippen molar-refractivity contribution in [3.8, 4) is 0 Å². The van der Waals surface area contributed by atoms with Gasteiger partial charge in [-0.25, -0.2) is 0 Å². The van der Waals surface area contributed by atoms with Crippen LogP contribution in [0.3, 0.4) is 0 Å². The molecule has 2 nitrogen and oxygen atoms in total. The van der Waals surface area contributed by atoms with Crippen molar-refractivity contribution in [2.24, 2.45) is 0 Å². The summed E-state index contributed by atoms with van der Waals surface area (Å²) in [6.45, 7) is 10.9. The molecule has 0 amide bonds. The first-order valence-corrected chi connectivity index (χ1v) is 8.50. The van der Waals surface area contributed by atoms with Crippen LogP contribution in [0, 0.1) is 0 Å². The lowest BCUT2D eigenvalue weighted by Crippen LogP contribution is -2.43. The standard InChI is InChI=1S/C11H19ClO2Si/c1-11(2,3)15(4,5)14-10-7-8(13)6-9(10)12/h6,10H,7H2,1-5H3. The van der Waals surface area contributed by atoms with Gasteiger partial charge in [0, 0.05) is 11.5 Å². The quantitative estimate of drug-likeness (QED) is 0.698. The predicted octanol–water partition coefficient (Wildman–Crippen LogP) is 3.47. The highest BCUT2D eigenvalue weighted by molar-refractivity contribution is 6.74. The van der Waals surface area contributed by atoms with Gasteiger partial charge in [0.1, 0.15) is 0 Å². The average Bonchev–Trinajstić information content (AvgIpc) is 2.26. The highest BCUT2D eigenvalue weighted by Crippen LogP contribution is 2.39. The molecule has 1 unspecified atom stereocenters. The third kappa shape index (κ3) is 2.92. The molecule has 0 aliphatic heterocycles. The second-order valence-electron chi connectivity index (χ2n) is 5.57. The van der Waals surface area contributed by atoms with E-state index in [0.29, 0.717) is 11.5 Å². The molecule has 0 N–H and O–H groups in total. The zero-order valence-corrected chi connectivity index (χ0v) is 11.8. The summed E-state index contributed by atoms with van der Waals surface area (Å²) < 4.78 is 6.06. The molecule has 1 atom stereocenters. The molecule has 0 saturated heterocycles. The third-order valence-corrected chi connectivity index (χ3v) is 8.07. The molecule has 1 rings (SSSR count). The predicted molar refractivity (Wildman–Crippen MR) is 65.6 cm³/mol. The second-order valence-corrected chi connectivity index (χ2v) is 10.8. The maximum Gasteiger partial charge on any atom is 0.192 e. The number of hydrogen-bond donors (Lipinski definition) is 0. The van der Waals surface area contributed by atoms with Gasteiger partial charge in [0.25, 0.3) is 0 Å². The van der Waals surface area contributed by atoms with Crippen molar-refractivity contribution >= 4 is 25.7 Å². The number of ketones is 1. The van der Waals surface area contributed by atoms with Crippen molar-refractivity contribution in [2.45, 2.75) is 51.4 Å². The molecule has 0 aromatic carbocycles. The van der Waals surface area contributed by atoms with Gasteiger partial charge < -0.3 is 4.43 Å². The Morgan fingerprint density at radius 3 is 2.33 bits per heavy atom. The van der Waals surface area contributed by atoms with E-state index in [1.807, 2.05) is 0 Å². The number of allylic oxidation sites excluding steroid dienone is 1. The van der Waals surface area contributed by atoms with Crippen molar-refractivity contribution in [3.63, 3.8) is 0 Å². The maximum atomic E-state index is 11.2. The Balaban J connectivity index is 2.72. The summed E-state index contributed by atoms with van der Waals surface area (Å²) >= 11 is 5.97. The maximum absolute atomic E-state index is 11.2. The number of carbonyl (C=O) groups excluding carboxylic acids is 1. The van der Waals surface area contributed by atoms with E-state index >= 15 is 0 Å². The van der Waals surface area contributed by atoms with Crippen LogP contribution in [0.5, 0.6) is 0 Å². The Bertz CT molecular complexity index is 302.